The quantitative estimate of drug-likeness (QED) is 0.925. The third-order valence-corrected chi connectivity index (χ3v) is 4.86. The number of hydrogen-bond acceptors (Lipinski definition) is 4. The maximum atomic E-state index is 11.3. The van der Waals surface area contributed by atoms with Gasteiger partial charge in [-0.1, -0.05) is 6.92 Å². The Hall–Kier alpha value is -1.10. The van der Waals surface area contributed by atoms with Crippen LogP contribution in [0.3, 0.4) is 0 Å². The highest BCUT2D eigenvalue weighted by molar-refractivity contribution is 7.13. The summed E-state index contributed by atoms with van der Waals surface area (Å²) in [5, 5.41) is 12.1. The van der Waals surface area contributed by atoms with Gasteiger partial charge < -0.3 is 10.0 Å². The molecule has 0 radical (unpaired) electrons. The lowest BCUT2D eigenvalue weighted by Crippen LogP contribution is -2.29. The number of carboxylic acids is 1. The van der Waals surface area contributed by atoms with Crippen LogP contribution in [0.1, 0.15) is 45.7 Å². The van der Waals surface area contributed by atoms with Crippen molar-refractivity contribution < 1.29 is 9.90 Å². The van der Waals surface area contributed by atoms with E-state index in [1.54, 1.807) is 25.2 Å². The molecular weight excluding hydrogens is 260 g/mol. The standard InChI is InChI=1S/C14H22N2O2S/c1-10-5-4-7-16(8-6-10)13-15-11(9-19-13)14(2,3)12(17)18/h9-10H,4-8H2,1-3H3,(H,17,18). The minimum absolute atomic E-state index is 0.664. The van der Waals surface area contributed by atoms with Crippen molar-refractivity contribution in [1.29, 1.82) is 0 Å². The average molecular weight is 282 g/mol. The number of aliphatic carboxylic acids is 1. The van der Waals surface area contributed by atoms with E-state index < -0.39 is 11.4 Å². The summed E-state index contributed by atoms with van der Waals surface area (Å²) in [4.78, 5) is 18.1. The Morgan fingerprint density at radius 1 is 1.47 bits per heavy atom. The molecule has 4 nitrogen and oxygen atoms in total. The number of carboxylic acid groups (broad SMARTS) is 1. The van der Waals surface area contributed by atoms with E-state index in [1.165, 1.54) is 19.3 Å². The van der Waals surface area contributed by atoms with E-state index in [-0.39, 0.29) is 0 Å². The van der Waals surface area contributed by atoms with Gasteiger partial charge in [-0.2, -0.15) is 0 Å². The number of nitrogens with zero attached hydrogens (tertiary/aromatic N) is 2. The molecule has 2 heterocycles. The maximum Gasteiger partial charge on any atom is 0.315 e. The summed E-state index contributed by atoms with van der Waals surface area (Å²) < 4.78 is 0. The first-order valence-electron chi connectivity index (χ1n) is 6.85. The van der Waals surface area contributed by atoms with E-state index >= 15 is 0 Å². The van der Waals surface area contributed by atoms with Gasteiger partial charge in [-0.3, -0.25) is 4.79 Å². The number of rotatable bonds is 3. The van der Waals surface area contributed by atoms with Crippen molar-refractivity contribution in [3.8, 4) is 0 Å². The van der Waals surface area contributed by atoms with Crippen molar-refractivity contribution in [1.82, 2.24) is 4.98 Å². The van der Waals surface area contributed by atoms with Crippen molar-refractivity contribution in [2.45, 2.75) is 45.4 Å². The van der Waals surface area contributed by atoms with Crippen molar-refractivity contribution in [3.05, 3.63) is 11.1 Å². The number of carbonyl (C=O) groups is 1. The monoisotopic (exact) mass is 282 g/mol. The Morgan fingerprint density at radius 2 is 2.21 bits per heavy atom. The second kappa shape index (κ2) is 5.49. The first-order chi connectivity index (χ1) is 8.91. The van der Waals surface area contributed by atoms with Gasteiger partial charge in [0.1, 0.15) is 5.41 Å². The van der Waals surface area contributed by atoms with Crippen LogP contribution in [0.2, 0.25) is 0 Å². The summed E-state index contributed by atoms with van der Waals surface area (Å²) in [5.74, 6) is -0.0475. The fourth-order valence-electron chi connectivity index (χ4n) is 2.26. The van der Waals surface area contributed by atoms with Gasteiger partial charge in [0.15, 0.2) is 5.13 Å². The van der Waals surface area contributed by atoms with Gasteiger partial charge in [0, 0.05) is 18.5 Å². The van der Waals surface area contributed by atoms with Crippen LogP contribution in [0.25, 0.3) is 0 Å². The van der Waals surface area contributed by atoms with E-state index in [4.69, 9.17) is 0 Å². The van der Waals surface area contributed by atoms with Crippen LogP contribution in [0, 0.1) is 5.92 Å². The van der Waals surface area contributed by atoms with Crippen LogP contribution in [0.15, 0.2) is 5.38 Å². The molecule has 1 atom stereocenters. The van der Waals surface area contributed by atoms with Crippen LogP contribution in [-0.4, -0.2) is 29.1 Å². The molecule has 1 unspecified atom stereocenters. The van der Waals surface area contributed by atoms with Gasteiger partial charge in [-0.15, -0.1) is 11.3 Å². The largest absolute Gasteiger partial charge is 0.481 e. The molecule has 106 valence electrons. The van der Waals surface area contributed by atoms with Gasteiger partial charge in [0.25, 0.3) is 0 Å². The van der Waals surface area contributed by atoms with Gasteiger partial charge >= 0.3 is 5.97 Å². The molecule has 0 bridgehead atoms. The van der Waals surface area contributed by atoms with Crippen LogP contribution < -0.4 is 4.90 Å². The Bertz CT molecular complexity index is 456. The van der Waals surface area contributed by atoms with Crippen molar-refractivity contribution in [2.75, 3.05) is 18.0 Å². The van der Waals surface area contributed by atoms with E-state index in [9.17, 15) is 9.90 Å². The Labute approximate surface area is 118 Å². The summed E-state index contributed by atoms with van der Waals surface area (Å²) in [7, 11) is 0. The van der Waals surface area contributed by atoms with Crippen LogP contribution in [0.4, 0.5) is 5.13 Å². The zero-order valence-corrected chi connectivity index (χ0v) is 12.7. The molecule has 1 aliphatic heterocycles. The normalized spacial score (nSPS) is 21.2. The first-order valence-corrected chi connectivity index (χ1v) is 7.73. The average Bonchev–Trinajstić information content (AvgIpc) is 2.74. The lowest BCUT2D eigenvalue weighted by atomic mass is 9.90. The molecule has 19 heavy (non-hydrogen) atoms. The minimum atomic E-state index is -0.909. The molecule has 5 heteroatoms. The Balaban J connectivity index is 2.14. The SMILES string of the molecule is CC1CCCN(c2nc(C(C)(C)C(=O)O)cs2)CC1. The molecule has 0 spiro atoms. The summed E-state index contributed by atoms with van der Waals surface area (Å²) in [6, 6.07) is 0. The molecule has 1 N–H and O–H groups in total. The fraction of sp³-hybridized carbons (Fsp3) is 0.714. The topological polar surface area (TPSA) is 53.4 Å². The number of thiazole rings is 1. The summed E-state index contributed by atoms with van der Waals surface area (Å²) in [5.41, 5.74) is -0.245. The smallest absolute Gasteiger partial charge is 0.315 e. The lowest BCUT2D eigenvalue weighted by Gasteiger charge is -2.20. The van der Waals surface area contributed by atoms with Crippen molar-refractivity contribution >= 4 is 22.4 Å². The highest BCUT2D eigenvalue weighted by Crippen LogP contribution is 2.31. The molecule has 1 aromatic heterocycles. The second-order valence-corrected chi connectivity index (χ2v) is 6.81. The summed E-state index contributed by atoms with van der Waals surface area (Å²) >= 11 is 1.56. The first kappa shape index (κ1) is 14.3. The molecule has 1 fully saturated rings. The predicted molar refractivity (Wildman–Crippen MR) is 78.0 cm³/mol. The Morgan fingerprint density at radius 3 is 2.89 bits per heavy atom. The van der Waals surface area contributed by atoms with E-state index in [1.807, 2.05) is 5.38 Å². The van der Waals surface area contributed by atoms with Gasteiger partial charge in [-0.05, 0) is 39.0 Å². The van der Waals surface area contributed by atoms with Crippen LogP contribution in [0.5, 0.6) is 0 Å². The van der Waals surface area contributed by atoms with Crippen LogP contribution in [-0.2, 0) is 10.2 Å². The molecule has 0 amide bonds. The minimum Gasteiger partial charge on any atom is -0.481 e. The van der Waals surface area contributed by atoms with Crippen molar-refractivity contribution in [2.24, 2.45) is 5.92 Å². The summed E-state index contributed by atoms with van der Waals surface area (Å²) in [6.45, 7) is 7.77. The van der Waals surface area contributed by atoms with Gasteiger partial charge in [0.05, 0.1) is 5.69 Å². The number of anilines is 1. The zero-order valence-electron chi connectivity index (χ0n) is 11.8. The third kappa shape index (κ3) is 3.08. The molecule has 1 saturated heterocycles. The van der Waals surface area contributed by atoms with Gasteiger partial charge in [0.2, 0.25) is 0 Å². The molecule has 0 aliphatic carbocycles. The number of hydrogen-bond donors (Lipinski definition) is 1. The van der Waals surface area contributed by atoms with E-state index in [0.29, 0.717) is 5.69 Å². The second-order valence-electron chi connectivity index (χ2n) is 5.97. The maximum absolute atomic E-state index is 11.3. The number of aromatic nitrogens is 1. The Kier molecular flexibility index (Phi) is 4.13. The molecule has 1 aliphatic rings. The van der Waals surface area contributed by atoms with Crippen LogP contribution >= 0.6 is 11.3 Å². The highest BCUT2D eigenvalue weighted by atomic mass is 32.1. The van der Waals surface area contributed by atoms with Crippen molar-refractivity contribution in [3.63, 3.8) is 0 Å². The molecule has 0 saturated carbocycles. The molecule has 1 aromatic rings. The molecule has 0 aromatic carbocycles. The third-order valence-electron chi connectivity index (χ3n) is 3.95. The predicted octanol–water partition coefficient (Wildman–Crippen LogP) is 3.13. The molecular formula is C14H22N2O2S. The highest BCUT2D eigenvalue weighted by Gasteiger charge is 2.32. The van der Waals surface area contributed by atoms with Gasteiger partial charge in [-0.25, -0.2) is 4.98 Å². The van der Waals surface area contributed by atoms with E-state index in [0.717, 1.165) is 24.1 Å². The summed E-state index contributed by atoms with van der Waals surface area (Å²) in [6.07, 6.45) is 3.66. The zero-order chi connectivity index (χ0) is 14.0. The fourth-order valence-corrected chi connectivity index (χ4v) is 3.31. The lowest BCUT2D eigenvalue weighted by molar-refractivity contribution is -0.142. The van der Waals surface area contributed by atoms with E-state index in [2.05, 4.69) is 16.8 Å². The molecule has 2 rings (SSSR count).